The number of aromatic amines is 1. The molecular formula is C15H25N3O2. The molecule has 1 saturated carbocycles. The molecule has 0 radical (unpaired) electrons. The summed E-state index contributed by atoms with van der Waals surface area (Å²) in [6.07, 6.45) is 5.06. The second-order valence-corrected chi connectivity index (χ2v) is 7.02. The molecule has 1 fully saturated rings. The summed E-state index contributed by atoms with van der Waals surface area (Å²) in [7, 11) is 0. The molecule has 1 aliphatic rings. The van der Waals surface area contributed by atoms with E-state index in [1.165, 1.54) is 6.20 Å². The predicted octanol–water partition coefficient (Wildman–Crippen LogP) is 2.11. The van der Waals surface area contributed by atoms with Gasteiger partial charge in [0.1, 0.15) is 5.69 Å². The lowest BCUT2D eigenvalue weighted by Crippen LogP contribution is -2.46. The van der Waals surface area contributed by atoms with Crippen LogP contribution < -0.4 is 5.32 Å². The number of nitrogens with one attached hydrogen (secondary N) is 2. The molecule has 0 saturated heterocycles. The van der Waals surface area contributed by atoms with Gasteiger partial charge in [-0.2, -0.15) is 5.10 Å². The van der Waals surface area contributed by atoms with Crippen LogP contribution in [0, 0.1) is 11.3 Å². The number of rotatable bonds is 3. The third-order valence-corrected chi connectivity index (χ3v) is 4.46. The molecule has 0 aromatic carbocycles. The van der Waals surface area contributed by atoms with Gasteiger partial charge in [0, 0.05) is 12.7 Å². The fourth-order valence-electron chi connectivity index (χ4n) is 2.92. The number of aliphatic hydroxyl groups is 1. The predicted molar refractivity (Wildman–Crippen MR) is 77.3 cm³/mol. The van der Waals surface area contributed by atoms with Gasteiger partial charge in [-0.15, -0.1) is 0 Å². The van der Waals surface area contributed by atoms with E-state index in [2.05, 4.69) is 36.3 Å². The van der Waals surface area contributed by atoms with Gasteiger partial charge in [0.25, 0.3) is 5.91 Å². The zero-order chi connectivity index (χ0) is 14.8. The van der Waals surface area contributed by atoms with Crippen molar-refractivity contribution in [2.45, 2.75) is 52.1 Å². The number of amides is 1. The summed E-state index contributed by atoms with van der Waals surface area (Å²) in [5, 5.41) is 19.7. The van der Waals surface area contributed by atoms with Crippen LogP contribution in [0.2, 0.25) is 0 Å². The first-order valence-electron chi connectivity index (χ1n) is 7.30. The van der Waals surface area contributed by atoms with Gasteiger partial charge in [-0.3, -0.25) is 9.89 Å². The lowest BCUT2D eigenvalue weighted by atomic mass is 9.68. The number of hydrogen-bond donors (Lipinski definition) is 3. The quantitative estimate of drug-likeness (QED) is 0.793. The molecule has 1 aliphatic carbocycles. The van der Waals surface area contributed by atoms with Crippen molar-refractivity contribution in [1.82, 2.24) is 15.5 Å². The fraction of sp³-hybridized carbons (Fsp3) is 0.733. The van der Waals surface area contributed by atoms with Crippen molar-refractivity contribution >= 4 is 5.91 Å². The summed E-state index contributed by atoms with van der Waals surface area (Å²) >= 11 is 0. The van der Waals surface area contributed by atoms with E-state index in [1.807, 2.05) is 0 Å². The van der Waals surface area contributed by atoms with Gasteiger partial charge in [-0.05, 0) is 43.1 Å². The number of hydrogen-bond acceptors (Lipinski definition) is 3. The summed E-state index contributed by atoms with van der Waals surface area (Å²) in [6, 6.07) is 1.62. The summed E-state index contributed by atoms with van der Waals surface area (Å²) in [6.45, 7) is 7.06. The van der Waals surface area contributed by atoms with Gasteiger partial charge in [0.05, 0.1) is 5.60 Å². The topological polar surface area (TPSA) is 78.0 Å². The molecule has 5 heteroatoms. The van der Waals surface area contributed by atoms with Gasteiger partial charge >= 0.3 is 0 Å². The highest BCUT2D eigenvalue weighted by Gasteiger charge is 2.37. The van der Waals surface area contributed by atoms with Crippen molar-refractivity contribution in [2.75, 3.05) is 6.54 Å². The Bertz CT molecular complexity index is 440. The zero-order valence-electron chi connectivity index (χ0n) is 12.6. The highest BCUT2D eigenvalue weighted by atomic mass is 16.3. The van der Waals surface area contributed by atoms with Crippen LogP contribution in [-0.2, 0) is 0 Å². The molecule has 1 amide bonds. The SMILES string of the molecule is CC(C)(C)C1CCC(O)(CNC(=O)c2ccn[nH]2)CC1. The van der Waals surface area contributed by atoms with E-state index in [-0.39, 0.29) is 5.91 Å². The monoisotopic (exact) mass is 279 g/mol. The molecule has 1 aromatic rings. The van der Waals surface area contributed by atoms with Crippen LogP contribution in [0.5, 0.6) is 0 Å². The second kappa shape index (κ2) is 5.56. The first kappa shape index (κ1) is 15.0. The van der Waals surface area contributed by atoms with E-state index in [0.717, 1.165) is 25.7 Å². The highest BCUT2D eigenvalue weighted by molar-refractivity contribution is 5.92. The minimum Gasteiger partial charge on any atom is -0.388 e. The van der Waals surface area contributed by atoms with Crippen LogP contribution in [0.3, 0.4) is 0 Å². The Morgan fingerprint density at radius 2 is 2.15 bits per heavy atom. The standard InChI is InChI=1S/C15H25N3O2/c1-14(2,3)11-4-7-15(20,8-5-11)10-16-13(19)12-6-9-17-18-12/h6,9,11,20H,4-5,7-8,10H2,1-3H3,(H,16,19)(H,17,18). The first-order valence-corrected chi connectivity index (χ1v) is 7.30. The van der Waals surface area contributed by atoms with E-state index < -0.39 is 5.60 Å². The molecule has 1 aromatic heterocycles. The smallest absolute Gasteiger partial charge is 0.269 e. The van der Waals surface area contributed by atoms with Gasteiger partial charge in [-0.1, -0.05) is 20.8 Å². The van der Waals surface area contributed by atoms with Crippen LogP contribution in [0.15, 0.2) is 12.3 Å². The Hall–Kier alpha value is -1.36. The summed E-state index contributed by atoms with van der Waals surface area (Å²) in [4.78, 5) is 11.8. The van der Waals surface area contributed by atoms with Crippen molar-refractivity contribution in [3.63, 3.8) is 0 Å². The van der Waals surface area contributed by atoms with Crippen molar-refractivity contribution in [3.05, 3.63) is 18.0 Å². The van der Waals surface area contributed by atoms with Gasteiger partial charge in [-0.25, -0.2) is 0 Å². The summed E-state index contributed by atoms with van der Waals surface area (Å²) in [5.41, 5.74) is -0.0465. The maximum atomic E-state index is 11.8. The molecule has 0 bridgehead atoms. The Kier molecular flexibility index (Phi) is 4.18. The van der Waals surface area contributed by atoms with Gasteiger partial charge < -0.3 is 10.4 Å². The molecule has 112 valence electrons. The lowest BCUT2D eigenvalue weighted by molar-refractivity contribution is -0.0228. The molecule has 1 heterocycles. The maximum absolute atomic E-state index is 11.8. The number of carbonyl (C=O) groups excluding carboxylic acids is 1. The lowest BCUT2D eigenvalue weighted by Gasteiger charge is -2.41. The van der Waals surface area contributed by atoms with Crippen molar-refractivity contribution in [1.29, 1.82) is 0 Å². The largest absolute Gasteiger partial charge is 0.388 e. The number of H-pyrrole nitrogens is 1. The summed E-state index contributed by atoms with van der Waals surface area (Å²) < 4.78 is 0. The third kappa shape index (κ3) is 3.60. The number of carbonyl (C=O) groups is 1. The molecule has 2 rings (SSSR count). The van der Waals surface area contributed by atoms with E-state index in [1.54, 1.807) is 6.07 Å². The molecule has 0 unspecified atom stereocenters. The number of aromatic nitrogens is 2. The van der Waals surface area contributed by atoms with Crippen LogP contribution in [0.4, 0.5) is 0 Å². The van der Waals surface area contributed by atoms with Gasteiger partial charge in [0.15, 0.2) is 0 Å². The average molecular weight is 279 g/mol. The second-order valence-electron chi connectivity index (χ2n) is 7.02. The third-order valence-electron chi connectivity index (χ3n) is 4.46. The molecule has 5 nitrogen and oxygen atoms in total. The van der Waals surface area contributed by atoms with Gasteiger partial charge in [0.2, 0.25) is 0 Å². The maximum Gasteiger partial charge on any atom is 0.269 e. The van der Waals surface area contributed by atoms with E-state index in [9.17, 15) is 9.90 Å². The summed E-state index contributed by atoms with van der Waals surface area (Å²) in [5.74, 6) is 0.431. The minimum atomic E-state index is -0.766. The van der Waals surface area contributed by atoms with Crippen molar-refractivity contribution in [3.8, 4) is 0 Å². The normalized spacial score (nSPS) is 27.3. The van der Waals surface area contributed by atoms with E-state index in [0.29, 0.717) is 23.6 Å². The Morgan fingerprint density at radius 3 is 2.65 bits per heavy atom. The first-order chi connectivity index (χ1) is 9.30. The highest BCUT2D eigenvalue weighted by Crippen LogP contribution is 2.41. The van der Waals surface area contributed by atoms with Crippen LogP contribution in [0.25, 0.3) is 0 Å². The molecular weight excluding hydrogens is 254 g/mol. The minimum absolute atomic E-state index is 0.214. The van der Waals surface area contributed by atoms with E-state index in [4.69, 9.17) is 0 Å². The molecule has 0 atom stereocenters. The van der Waals surface area contributed by atoms with Crippen LogP contribution in [0.1, 0.15) is 56.9 Å². The Balaban J connectivity index is 1.83. The molecule has 3 N–H and O–H groups in total. The zero-order valence-corrected chi connectivity index (χ0v) is 12.6. The van der Waals surface area contributed by atoms with E-state index >= 15 is 0 Å². The number of nitrogens with zero attached hydrogens (tertiary/aromatic N) is 1. The fourth-order valence-corrected chi connectivity index (χ4v) is 2.92. The van der Waals surface area contributed by atoms with Crippen LogP contribution in [-0.4, -0.2) is 33.4 Å². The Morgan fingerprint density at radius 1 is 1.50 bits per heavy atom. The molecule has 0 spiro atoms. The van der Waals surface area contributed by atoms with Crippen LogP contribution >= 0.6 is 0 Å². The Labute approximate surface area is 120 Å². The van der Waals surface area contributed by atoms with Crippen molar-refractivity contribution in [2.24, 2.45) is 11.3 Å². The van der Waals surface area contributed by atoms with Crippen molar-refractivity contribution < 1.29 is 9.90 Å². The average Bonchev–Trinajstić information content (AvgIpc) is 2.89. The molecule has 20 heavy (non-hydrogen) atoms. The molecule has 0 aliphatic heterocycles.